The molecule has 28 heavy (non-hydrogen) atoms. The smallest absolute Gasteiger partial charge is 0.276 e. The number of hydrogen-bond acceptors (Lipinski definition) is 5. The quantitative estimate of drug-likeness (QED) is 0.629. The Morgan fingerprint density at radius 1 is 1.32 bits per heavy atom. The van der Waals surface area contributed by atoms with E-state index < -0.39 is 0 Å². The van der Waals surface area contributed by atoms with Crippen LogP contribution in [0.25, 0.3) is 5.70 Å². The Balaban J connectivity index is 1.78. The van der Waals surface area contributed by atoms with Gasteiger partial charge in [-0.25, -0.2) is 5.01 Å². The van der Waals surface area contributed by atoms with Crippen molar-refractivity contribution in [2.24, 2.45) is 21.9 Å². The molecule has 1 aromatic rings. The monoisotopic (exact) mass is 396 g/mol. The minimum absolute atomic E-state index is 0.0727. The Labute approximate surface area is 170 Å². The van der Waals surface area contributed by atoms with Crippen LogP contribution in [0.2, 0.25) is 0 Å². The van der Waals surface area contributed by atoms with Gasteiger partial charge in [-0.2, -0.15) is 0 Å². The number of nitrogens with zero attached hydrogens (tertiary/aromatic N) is 3. The van der Waals surface area contributed by atoms with Crippen molar-refractivity contribution in [2.75, 3.05) is 5.75 Å². The summed E-state index contributed by atoms with van der Waals surface area (Å²) in [4.78, 5) is 18.1. The summed E-state index contributed by atoms with van der Waals surface area (Å²) in [6.07, 6.45) is 6.47. The van der Waals surface area contributed by atoms with Crippen LogP contribution in [-0.4, -0.2) is 28.0 Å². The van der Waals surface area contributed by atoms with Crippen LogP contribution in [0, 0.1) is 11.8 Å². The lowest BCUT2D eigenvalue weighted by molar-refractivity contribution is -0.116. The minimum atomic E-state index is -0.142. The molecule has 0 fully saturated rings. The van der Waals surface area contributed by atoms with Crippen LogP contribution >= 0.6 is 11.8 Å². The van der Waals surface area contributed by atoms with E-state index in [0.29, 0.717) is 22.7 Å². The summed E-state index contributed by atoms with van der Waals surface area (Å²) in [5.41, 5.74) is 2.08. The summed E-state index contributed by atoms with van der Waals surface area (Å²) in [7, 11) is 0. The molecule has 6 heteroatoms. The third kappa shape index (κ3) is 3.62. The second kappa shape index (κ2) is 8.11. The highest BCUT2D eigenvalue weighted by molar-refractivity contribution is 8.13. The molecule has 3 aliphatic rings. The van der Waals surface area contributed by atoms with E-state index in [1.807, 2.05) is 29.3 Å². The van der Waals surface area contributed by atoms with Gasteiger partial charge >= 0.3 is 0 Å². The number of benzene rings is 1. The Morgan fingerprint density at radius 2 is 2.14 bits per heavy atom. The number of allylic oxidation sites excluding steroid dienone is 2. The number of hydrazone groups is 1. The van der Waals surface area contributed by atoms with E-state index in [1.165, 1.54) is 5.57 Å². The van der Waals surface area contributed by atoms with Gasteiger partial charge in [-0.15, -0.1) is 5.10 Å². The highest BCUT2D eigenvalue weighted by atomic mass is 32.2. The predicted octanol–water partition coefficient (Wildman–Crippen LogP) is 2.98. The van der Waals surface area contributed by atoms with Crippen LogP contribution in [0.15, 0.2) is 46.0 Å². The molecule has 2 aliphatic heterocycles. The number of carbonyl (C=O) groups excluding carboxylic acids is 1. The number of hydrogen-bond donors (Lipinski definition) is 1. The summed E-state index contributed by atoms with van der Waals surface area (Å²) in [5.74, 6) is 1.72. The number of nitrogens with one attached hydrogen (secondary N) is 1. The molecule has 148 valence electrons. The Kier molecular flexibility index (Phi) is 5.58. The van der Waals surface area contributed by atoms with Crippen molar-refractivity contribution < 1.29 is 4.79 Å². The van der Waals surface area contributed by atoms with Gasteiger partial charge < -0.3 is 0 Å². The lowest BCUT2D eigenvalue weighted by Gasteiger charge is -2.40. The topological polar surface area (TPSA) is 57.1 Å². The Morgan fingerprint density at radius 3 is 2.93 bits per heavy atom. The number of thioether (sulfide) groups is 1. The first-order valence-electron chi connectivity index (χ1n) is 10.2. The molecular weight excluding hydrogens is 368 g/mol. The molecule has 1 amide bonds. The number of fused-ring (bicyclic) bond motifs is 2. The zero-order valence-corrected chi connectivity index (χ0v) is 17.6. The molecule has 4 rings (SSSR count). The van der Waals surface area contributed by atoms with Crippen molar-refractivity contribution in [3.63, 3.8) is 0 Å². The summed E-state index contributed by atoms with van der Waals surface area (Å²) in [6, 6.07) is 7.91. The minimum Gasteiger partial charge on any atom is -0.298 e. The summed E-state index contributed by atoms with van der Waals surface area (Å²) >= 11 is 1.62. The maximum atomic E-state index is 13.1. The van der Waals surface area contributed by atoms with E-state index in [0.717, 1.165) is 42.0 Å². The van der Waals surface area contributed by atoms with Crippen molar-refractivity contribution in [3.05, 3.63) is 46.5 Å². The lowest BCUT2D eigenvalue weighted by atomic mass is 9.79. The number of amidine groups is 1. The highest BCUT2D eigenvalue weighted by Gasteiger charge is 2.39. The first-order chi connectivity index (χ1) is 13.6. The molecule has 0 radical (unpaired) electrons. The van der Waals surface area contributed by atoms with Gasteiger partial charge in [0.15, 0.2) is 5.17 Å². The third-order valence-corrected chi connectivity index (χ3v) is 6.73. The number of unbranched alkanes of at least 4 members (excludes halogenated alkanes) is 1. The second-order valence-corrected chi connectivity index (χ2v) is 9.03. The van der Waals surface area contributed by atoms with Crippen molar-refractivity contribution in [3.8, 4) is 0 Å². The fourth-order valence-electron chi connectivity index (χ4n) is 4.24. The third-order valence-electron chi connectivity index (χ3n) is 5.78. The first kappa shape index (κ1) is 19.2. The van der Waals surface area contributed by atoms with Gasteiger partial charge in [-0.05, 0) is 38.2 Å². The van der Waals surface area contributed by atoms with E-state index in [2.05, 4.69) is 32.2 Å². The molecule has 3 atom stereocenters. The maximum Gasteiger partial charge on any atom is 0.276 e. The molecular formula is C22H28N4OS. The molecule has 0 saturated carbocycles. The van der Waals surface area contributed by atoms with E-state index >= 15 is 0 Å². The van der Waals surface area contributed by atoms with Gasteiger partial charge in [-0.1, -0.05) is 61.9 Å². The average molecular weight is 397 g/mol. The number of para-hydroxylation sites is 1. The standard InChI is InChI=1S/C22H28N4OS/c1-4-5-12-28-22-24-21(27)19-17-8-6-7-9-18(17)23-20(26(19)25-22)16-11-10-14(2)13-15(16)3/h6-10,15-16,20H,4-5,11-13H2,1-3H3,(H,24,25,27)/t15-,16-,20-/m0/s1. The molecule has 0 bridgehead atoms. The number of carbonyl (C=O) groups is 1. The van der Waals surface area contributed by atoms with Crippen LogP contribution in [0.5, 0.6) is 0 Å². The van der Waals surface area contributed by atoms with Crippen molar-refractivity contribution in [1.29, 1.82) is 0 Å². The largest absolute Gasteiger partial charge is 0.298 e. The van der Waals surface area contributed by atoms with Crippen LogP contribution in [0.4, 0.5) is 0 Å². The van der Waals surface area contributed by atoms with E-state index in [9.17, 15) is 4.79 Å². The van der Waals surface area contributed by atoms with E-state index in [1.54, 1.807) is 11.8 Å². The van der Waals surface area contributed by atoms with E-state index in [-0.39, 0.29) is 12.1 Å². The fraction of sp³-hybridized carbons (Fsp3) is 0.500. The van der Waals surface area contributed by atoms with Gasteiger partial charge in [0.25, 0.3) is 5.91 Å². The lowest BCUT2D eigenvalue weighted by Crippen LogP contribution is -2.55. The number of amides is 1. The molecule has 2 heterocycles. The SMILES string of the molecule is CCCCSC1=NN2C(=c3ccccc3=N[C@@H]2[C@H]2CC=C(C)C[C@@H]2C)C(=O)N1. The summed E-state index contributed by atoms with van der Waals surface area (Å²) in [5, 5.41) is 12.2. The van der Waals surface area contributed by atoms with Crippen LogP contribution in [-0.2, 0) is 4.79 Å². The molecule has 0 unspecified atom stereocenters. The van der Waals surface area contributed by atoms with Crippen molar-refractivity contribution >= 4 is 28.5 Å². The summed E-state index contributed by atoms with van der Waals surface area (Å²) < 4.78 is 0. The first-order valence-corrected chi connectivity index (χ1v) is 11.2. The molecule has 0 aromatic heterocycles. The second-order valence-electron chi connectivity index (χ2n) is 7.95. The van der Waals surface area contributed by atoms with E-state index in [4.69, 9.17) is 10.1 Å². The zero-order chi connectivity index (χ0) is 19.7. The molecule has 1 aromatic carbocycles. The maximum absolute atomic E-state index is 13.1. The van der Waals surface area contributed by atoms with Gasteiger partial charge in [0.1, 0.15) is 11.9 Å². The number of rotatable bonds is 4. The van der Waals surface area contributed by atoms with Crippen molar-refractivity contribution in [1.82, 2.24) is 10.3 Å². The van der Waals surface area contributed by atoms with Gasteiger partial charge in [0.05, 0.1) is 5.36 Å². The molecule has 0 spiro atoms. The normalized spacial score (nSPS) is 26.5. The predicted molar refractivity (Wildman–Crippen MR) is 115 cm³/mol. The Hall–Kier alpha value is -2.08. The van der Waals surface area contributed by atoms with Crippen LogP contribution in [0.1, 0.15) is 46.5 Å². The fourth-order valence-corrected chi connectivity index (χ4v) is 5.17. The van der Waals surface area contributed by atoms with Crippen LogP contribution in [0.3, 0.4) is 0 Å². The molecule has 1 aliphatic carbocycles. The highest BCUT2D eigenvalue weighted by Crippen LogP contribution is 2.36. The molecule has 5 nitrogen and oxygen atoms in total. The molecule has 1 N–H and O–H groups in total. The van der Waals surface area contributed by atoms with Crippen LogP contribution < -0.4 is 15.9 Å². The van der Waals surface area contributed by atoms with Crippen molar-refractivity contribution in [2.45, 2.75) is 52.6 Å². The zero-order valence-electron chi connectivity index (χ0n) is 16.8. The van der Waals surface area contributed by atoms with Gasteiger partial charge in [0, 0.05) is 16.9 Å². The summed E-state index contributed by atoms with van der Waals surface area (Å²) in [6.45, 7) is 6.66. The molecule has 0 saturated heterocycles. The van der Waals surface area contributed by atoms with Gasteiger partial charge in [-0.3, -0.25) is 15.1 Å². The van der Waals surface area contributed by atoms with Gasteiger partial charge in [0.2, 0.25) is 0 Å². The average Bonchev–Trinajstić information content (AvgIpc) is 2.67. The Bertz CT molecular complexity index is 952.